The van der Waals surface area contributed by atoms with E-state index in [0.29, 0.717) is 0 Å². The standard InChI is InChI=1S/C20H17N3OS/c1-14-8-10-15(11-9-14)21-19(24)13-23-17-6-3-2-5-16(17)22-20(23)18-7-4-12-25-18/h2-12H,13H2,1H3,(H,21,24). The van der Waals surface area contributed by atoms with Crippen LogP contribution >= 0.6 is 11.3 Å². The van der Waals surface area contributed by atoms with Gasteiger partial charge < -0.3 is 9.88 Å². The van der Waals surface area contributed by atoms with E-state index in [9.17, 15) is 4.79 Å². The van der Waals surface area contributed by atoms with E-state index in [-0.39, 0.29) is 12.5 Å². The molecular formula is C20H17N3OS. The van der Waals surface area contributed by atoms with Crippen LogP contribution in [0, 0.1) is 6.92 Å². The van der Waals surface area contributed by atoms with Crippen molar-refractivity contribution in [3.8, 4) is 10.7 Å². The number of anilines is 1. The number of benzene rings is 2. The molecule has 2 heterocycles. The second-order valence-electron chi connectivity index (χ2n) is 5.90. The number of fused-ring (bicyclic) bond motifs is 1. The number of carbonyl (C=O) groups is 1. The van der Waals surface area contributed by atoms with E-state index in [4.69, 9.17) is 4.98 Å². The third-order valence-corrected chi connectivity index (χ3v) is 4.90. The smallest absolute Gasteiger partial charge is 0.244 e. The maximum atomic E-state index is 12.6. The van der Waals surface area contributed by atoms with Gasteiger partial charge in [0.1, 0.15) is 6.54 Å². The first-order chi connectivity index (χ1) is 12.2. The van der Waals surface area contributed by atoms with Crippen molar-refractivity contribution in [3.05, 3.63) is 71.6 Å². The summed E-state index contributed by atoms with van der Waals surface area (Å²) in [5.74, 6) is 0.764. The van der Waals surface area contributed by atoms with Crippen molar-refractivity contribution in [3.63, 3.8) is 0 Å². The molecule has 25 heavy (non-hydrogen) atoms. The largest absolute Gasteiger partial charge is 0.325 e. The summed E-state index contributed by atoms with van der Waals surface area (Å²) >= 11 is 1.62. The number of imidazole rings is 1. The van der Waals surface area contributed by atoms with E-state index in [0.717, 1.165) is 27.4 Å². The molecule has 1 amide bonds. The van der Waals surface area contributed by atoms with E-state index in [1.165, 1.54) is 5.56 Å². The molecular weight excluding hydrogens is 330 g/mol. The third kappa shape index (κ3) is 3.19. The van der Waals surface area contributed by atoms with E-state index in [1.807, 2.05) is 77.5 Å². The highest BCUT2D eigenvalue weighted by Crippen LogP contribution is 2.28. The van der Waals surface area contributed by atoms with Gasteiger partial charge in [0.05, 0.1) is 15.9 Å². The minimum absolute atomic E-state index is 0.0650. The SMILES string of the molecule is Cc1ccc(NC(=O)Cn2c(-c3cccs3)nc3ccccc32)cc1. The van der Waals surface area contributed by atoms with Crippen molar-refractivity contribution in [1.29, 1.82) is 0 Å². The predicted molar refractivity (Wildman–Crippen MR) is 103 cm³/mol. The van der Waals surface area contributed by atoms with Crippen molar-refractivity contribution >= 4 is 34.0 Å². The lowest BCUT2D eigenvalue weighted by Crippen LogP contribution is -2.19. The summed E-state index contributed by atoms with van der Waals surface area (Å²) in [6, 6.07) is 19.7. The molecule has 5 heteroatoms. The Labute approximate surface area is 149 Å². The average Bonchev–Trinajstić information content (AvgIpc) is 3.25. The maximum Gasteiger partial charge on any atom is 0.244 e. The first kappa shape index (κ1) is 15.6. The van der Waals surface area contributed by atoms with Crippen molar-refractivity contribution in [2.45, 2.75) is 13.5 Å². The van der Waals surface area contributed by atoms with Gasteiger partial charge in [-0.05, 0) is 42.6 Å². The first-order valence-electron chi connectivity index (χ1n) is 8.06. The van der Waals surface area contributed by atoms with Crippen LogP contribution in [0.2, 0.25) is 0 Å². The quantitative estimate of drug-likeness (QED) is 0.581. The Hall–Kier alpha value is -2.92. The lowest BCUT2D eigenvalue weighted by molar-refractivity contribution is -0.116. The highest BCUT2D eigenvalue weighted by molar-refractivity contribution is 7.13. The molecule has 0 saturated heterocycles. The summed E-state index contributed by atoms with van der Waals surface area (Å²) < 4.78 is 1.98. The molecule has 0 fully saturated rings. The number of rotatable bonds is 4. The van der Waals surface area contributed by atoms with E-state index in [2.05, 4.69) is 5.32 Å². The zero-order chi connectivity index (χ0) is 17.2. The molecule has 0 saturated carbocycles. The minimum atomic E-state index is -0.0650. The van der Waals surface area contributed by atoms with Gasteiger partial charge in [-0.15, -0.1) is 11.3 Å². The number of thiophene rings is 1. The number of para-hydroxylation sites is 2. The number of hydrogen-bond donors (Lipinski definition) is 1. The van der Waals surface area contributed by atoms with Gasteiger partial charge in [0.2, 0.25) is 5.91 Å². The van der Waals surface area contributed by atoms with Crippen LogP contribution in [0.4, 0.5) is 5.69 Å². The second-order valence-corrected chi connectivity index (χ2v) is 6.85. The van der Waals surface area contributed by atoms with Crippen molar-refractivity contribution in [1.82, 2.24) is 9.55 Å². The van der Waals surface area contributed by atoms with Crippen LogP contribution < -0.4 is 5.32 Å². The minimum Gasteiger partial charge on any atom is -0.325 e. The van der Waals surface area contributed by atoms with Crippen LogP contribution in [0.25, 0.3) is 21.7 Å². The second kappa shape index (κ2) is 6.53. The Morgan fingerprint density at radius 2 is 1.88 bits per heavy atom. The molecule has 0 radical (unpaired) electrons. The summed E-state index contributed by atoms with van der Waals surface area (Å²) in [4.78, 5) is 18.3. The lowest BCUT2D eigenvalue weighted by Gasteiger charge is -2.09. The lowest BCUT2D eigenvalue weighted by atomic mass is 10.2. The summed E-state index contributed by atoms with van der Waals surface area (Å²) in [7, 11) is 0. The third-order valence-electron chi connectivity index (χ3n) is 4.03. The molecule has 2 aromatic carbocycles. The molecule has 0 aliphatic heterocycles. The highest BCUT2D eigenvalue weighted by Gasteiger charge is 2.15. The number of aromatic nitrogens is 2. The fraction of sp³-hybridized carbons (Fsp3) is 0.100. The van der Waals surface area contributed by atoms with Crippen LogP contribution in [0.3, 0.4) is 0 Å². The molecule has 0 bridgehead atoms. The van der Waals surface area contributed by atoms with Crippen molar-refractivity contribution in [2.75, 3.05) is 5.32 Å². The molecule has 124 valence electrons. The molecule has 0 aliphatic carbocycles. The fourth-order valence-corrected chi connectivity index (χ4v) is 3.53. The van der Waals surface area contributed by atoms with Gasteiger partial charge >= 0.3 is 0 Å². The zero-order valence-electron chi connectivity index (χ0n) is 13.8. The van der Waals surface area contributed by atoms with Gasteiger partial charge in [0.25, 0.3) is 0 Å². The highest BCUT2D eigenvalue weighted by atomic mass is 32.1. The average molecular weight is 347 g/mol. The Kier molecular flexibility index (Phi) is 4.07. The number of nitrogens with zero attached hydrogens (tertiary/aromatic N) is 2. The van der Waals surface area contributed by atoms with Crippen LogP contribution in [-0.4, -0.2) is 15.5 Å². The summed E-state index contributed by atoms with van der Waals surface area (Å²) in [6.07, 6.45) is 0. The van der Waals surface area contributed by atoms with Gasteiger partial charge in [-0.25, -0.2) is 4.98 Å². The molecule has 4 aromatic rings. The molecule has 2 aromatic heterocycles. The van der Waals surface area contributed by atoms with Gasteiger partial charge in [-0.3, -0.25) is 4.79 Å². The fourth-order valence-electron chi connectivity index (χ4n) is 2.81. The number of nitrogens with one attached hydrogen (secondary N) is 1. The van der Waals surface area contributed by atoms with Gasteiger partial charge in [-0.2, -0.15) is 0 Å². The Bertz CT molecular complexity index is 1020. The van der Waals surface area contributed by atoms with E-state index < -0.39 is 0 Å². The Morgan fingerprint density at radius 3 is 2.64 bits per heavy atom. The van der Waals surface area contributed by atoms with Gasteiger partial charge in [0, 0.05) is 5.69 Å². The normalized spacial score (nSPS) is 10.9. The molecule has 0 spiro atoms. The molecule has 0 aliphatic rings. The van der Waals surface area contributed by atoms with Crippen LogP contribution in [-0.2, 0) is 11.3 Å². The molecule has 0 atom stereocenters. The number of carbonyl (C=O) groups excluding carboxylic acids is 1. The first-order valence-corrected chi connectivity index (χ1v) is 8.94. The molecule has 4 rings (SSSR count). The van der Waals surface area contributed by atoms with Crippen LogP contribution in [0.1, 0.15) is 5.56 Å². The molecule has 0 unspecified atom stereocenters. The number of aryl methyl sites for hydroxylation is 1. The van der Waals surface area contributed by atoms with Crippen molar-refractivity contribution < 1.29 is 4.79 Å². The number of amides is 1. The summed E-state index contributed by atoms with van der Waals surface area (Å²) in [5.41, 5.74) is 3.83. The topological polar surface area (TPSA) is 46.9 Å². The van der Waals surface area contributed by atoms with Crippen LogP contribution in [0.15, 0.2) is 66.0 Å². The molecule has 1 N–H and O–H groups in total. The van der Waals surface area contributed by atoms with Crippen molar-refractivity contribution in [2.24, 2.45) is 0 Å². The van der Waals surface area contributed by atoms with Gasteiger partial charge in [-0.1, -0.05) is 35.9 Å². The zero-order valence-corrected chi connectivity index (χ0v) is 14.6. The Balaban J connectivity index is 1.67. The van der Waals surface area contributed by atoms with E-state index >= 15 is 0 Å². The van der Waals surface area contributed by atoms with Gasteiger partial charge in [0.15, 0.2) is 5.82 Å². The number of hydrogen-bond acceptors (Lipinski definition) is 3. The monoisotopic (exact) mass is 347 g/mol. The maximum absolute atomic E-state index is 12.6. The predicted octanol–water partition coefficient (Wildman–Crippen LogP) is 4.71. The molecule has 4 nitrogen and oxygen atoms in total. The Morgan fingerprint density at radius 1 is 1.08 bits per heavy atom. The van der Waals surface area contributed by atoms with Crippen LogP contribution in [0.5, 0.6) is 0 Å². The summed E-state index contributed by atoms with van der Waals surface area (Å²) in [5, 5.41) is 4.98. The summed E-state index contributed by atoms with van der Waals surface area (Å²) in [6.45, 7) is 2.25. The van der Waals surface area contributed by atoms with E-state index in [1.54, 1.807) is 11.3 Å².